The minimum absolute atomic E-state index is 0.355. The van der Waals surface area contributed by atoms with Gasteiger partial charge in [0.25, 0.3) is 0 Å². The Labute approximate surface area is 164 Å². The average Bonchev–Trinajstić information content (AvgIpc) is 3.33. The van der Waals surface area contributed by atoms with E-state index in [1.807, 2.05) is 11.3 Å². The summed E-state index contributed by atoms with van der Waals surface area (Å²) in [7, 11) is 0. The maximum atomic E-state index is 6.08. The van der Waals surface area contributed by atoms with Crippen LogP contribution in [0, 0.1) is 6.92 Å². The number of thiophene rings is 1. The van der Waals surface area contributed by atoms with Crippen molar-refractivity contribution in [3.05, 3.63) is 33.6 Å². The summed E-state index contributed by atoms with van der Waals surface area (Å²) in [6, 6.07) is 4.46. The molecule has 0 bridgehead atoms. The van der Waals surface area contributed by atoms with Gasteiger partial charge in [-0.05, 0) is 44.7 Å². The molecule has 4 rings (SSSR count). The number of aromatic nitrogens is 2. The van der Waals surface area contributed by atoms with Gasteiger partial charge in [-0.15, -0.1) is 11.3 Å². The zero-order valence-electron chi connectivity index (χ0n) is 16.1. The Bertz CT molecular complexity index is 703. The van der Waals surface area contributed by atoms with Crippen molar-refractivity contribution in [1.29, 1.82) is 0 Å². The van der Waals surface area contributed by atoms with Crippen LogP contribution in [0.5, 0.6) is 0 Å². The van der Waals surface area contributed by atoms with Gasteiger partial charge in [-0.2, -0.15) is 4.98 Å². The SMILES string of the molecule is Cc1ccc(CN2CCC(OCCc3noc(C4CCOCC4)n3)CC2)s1. The molecule has 6 nitrogen and oxygen atoms in total. The lowest BCUT2D eigenvalue weighted by Crippen LogP contribution is -2.36. The standard InChI is InChI=1S/C20H29N3O3S/c1-15-2-3-18(27-15)14-23-9-4-17(5-10-23)25-13-8-19-21-20(26-22-19)16-6-11-24-12-7-16/h2-3,16-17H,4-14H2,1H3. The van der Waals surface area contributed by atoms with E-state index in [1.165, 1.54) is 9.75 Å². The van der Waals surface area contributed by atoms with Crippen LogP contribution in [0.4, 0.5) is 0 Å². The van der Waals surface area contributed by atoms with Gasteiger partial charge in [0.05, 0.1) is 12.7 Å². The highest BCUT2D eigenvalue weighted by Gasteiger charge is 2.23. The maximum Gasteiger partial charge on any atom is 0.229 e. The summed E-state index contributed by atoms with van der Waals surface area (Å²) in [5, 5.41) is 4.12. The molecule has 0 radical (unpaired) electrons. The smallest absolute Gasteiger partial charge is 0.229 e. The molecule has 0 N–H and O–H groups in total. The molecular formula is C20H29N3O3S. The monoisotopic (exact) mass is 391 g/mol. The molecular weight excluding hydrogens is 362 g/mol. The van der Waals surface area contributed by atoms with Gasteiger partial charge in [0, 0.05) is 54.9 Å². The van der Waals surface area contributed by atoms with Crippen LogP contribution in [0.25, 0.3) is 0 Å². The van der Waals surface area contributed by atoms with Crippen LogP contribution in [-0.2, 0) is 22.4 Å². The average molecular weight is 392 g/mol. The quantitative estimate of drug-likeness (QED) is 0.719. The van der Waals surface area contributed by atoms with Crippen molar-refractivity contribution in [2.75, 3.05) is 32.9 Å². The molecule has 0 amide bonds. The summed E-state index contributed by atoms with van der Waals surface area (Å²) in [6.45, 7) is 7.71. The van der Waals surface area contributed by atoms with Gasteiger partial charge in [0.15, 0.2) is 5.82 Å². The normalized spacial score (nSPS) is 20.3. The highest BCUT2D eigenvalue weighted by molar-refractivity contribution is 7.11. The van der Waals surface area contributed by atoms with E-state index >= 15 is 0 Å². The van der Waals surface area contributed by atoms with Crippen molar-refractivity contribution in [2.45, 2.75) is 57.6 Å². The van der Waals surface area contributed by atoms with Crippen molar-refractivity contribution >= 4 is 11.3 Å². The lowest BCUT2D eigenvalue weighted by molar-refractivity contribution is 0.00695. The van der Waals surface area contributed by atoms with E-state index in [9.17, 15) is 0 Å². The van der Waals surface area contributed by atoms with Gasteiger partial charge in [0.1, 0.15) is 0 Å². The van der Waals surface area contributed by atoms with Crippen LogP contribution in [0.1, 0.15) is 53.1 Å². The molecule has 2 fully saturated rings. The molecule has 27 heavy (non-hydrogen) atoms. The Kier molecular flexibility index (Phi) is 6.55. The highest BCUT2D eigenvalue weighted by atomic mass is 32.1. The predicted molar refractivity (Wildman–Crippen MR) is 104 cm³/mol. The van der Waals surface area contributed by atoms with Gasteiger partial charge in [0.2, 0.25) is 5.89 Å². The Morgan fingerprint density at radius 1 is 1.19 bits per heavy atom. The molecule has 0 aliphatic carbocycles. The Morgan fingerprint density at radius 2 is 2.00 bits per heavy atom. The first kappa shape index (κ1) is 19.1. The summed E-state index contributed by atoms with van der Waals surface area (Å²) >= 11 is 1.90. The van der Waals surface area contributed by atoms with Crippen LogP contribution >= 0.6 is 11.3 Å². The molecule has 2 saturated heterocycles. The van der Waals surface area contributed by atoms with E-state index in [4.69, 9.17) is 14.0 Å². The molecule has 7 heteroatoms. The lowest BCUT2D eigenvalue weighted by Gasteiger charge is -2.31. The second-order valence-electron chi connectivity index (χ2n) is 7.54. The largest absolute Gasteiger partial charge is 0.381 e. The lowest BCUT2D eigenvalue weighted by atomic mass is 10.0. The number of aryl methyl sites for hydroxylation is 1. The van der Waals surface area contributed by atoms with Gasteiger partial charge in [-0.3, -0.25) is 4.90 Å². The molecule has 0 unspecified atom stereocenters. The third-order valence-corrected chi connectivity index (χ3v) is 6.43. The summed E-state index contributed by atoms with van der Waals surface area (Å²) < 4.78 is 16.9. The first-order valence-electron chi connectivity index (χ1n) is 10.1. The van der Waals surface area contributed by atoms with Crippen molar-refractivity contribution in [3.63, 3.8) is 0 Å². The number of piperidine rings is 1. The number of likely N-dealkylation sites (tertiary alicyclic amines) is 1. The molecule has 2 aromatic rings. The Morgan fingerprint density at radius 3 is 2.74 bits per heavy atom. The molecule has 2 aromatic heterocycles. The fourth-order valence-corrected chi connectivity index (χ4v) is 4.75. The molecule has 2 aliphatic rings. The van der Waals surface area contributed by atoms with Crippen LogP contribution in [0.2, 0.25) is 0 Å². The van der Waals surface area contributed by atoms with Gasteiger partial charge in [-0.1, -0.05) is 5.16 Å². The van der Waals surface area contributed by atoms with Crippen LogP contribution in [-0.4, -0.2) is 54.1 Å². The second-order valence-corrected chi connectivity index (χ2v) is 8.92. The van der Waals surface area contributed by atoms with Gasteiger partial charge in [-0.25, -0.2) is 0 Å². The molecule has 4 heterocycles. The van der Waals surface area contributed by atoms with Crippen LogP contribution in [0.3, 0.4) is 0 Å². The molecule has 0 saturated carbocycles. The summed E-state index contributed by atoms with van der Waals surface area (Å²) in [5.41, 5.74) is 0. The minimum Gasteiger partial charge on any atom is -0.381 e. The fourth-order valence-electron chi connectivity index (χ4n) is 3.82. The second kappa shape index (κ2) is 9.28. The Balaban J connectivity index is 1.15. The fraction of sp³-hybridized carbons (Fsp3) is 0.700. The summed E-state index contributed by atoms with van der Waals surface area (Å²) in [5.74, 6) is 1.89. The van der Waals surface area contributed by atoms with Crippen LogP contribution < -0.4 is 0 Å². The maximum absolute atomic E-state index is 6.08. The van der Waals surface area contributed by atoms with E-state index in [-0.39, 0.29) is 0 Å². The number of hydrogen-bond acceptors (Lipinski definition) is 7. The third kappa shape index (κ3) is 5.38. The zero-order valence-corrected chi connectivity index (χ0v) is 16.9. The molecule has 0 aromatic carbocycles. The van der Waals surface area contributed by atoms with Gasteiger partial charge < -0.3 is 14.0 Å². The summed E-state index contributed by atoms with van der Waals surface area (Å²) in [6.07, 6.45) is 5.23. The first-order valence-corrected chi connectivity index (χ1v) is 10.9. The first-order chi connectivity index (χ1) is 13.3. The van der Waals surface area contributed by atoms with E-state index in [0.29, 0.717) is 18.6 Å². The number of hydrogen-bond donors (Lipinski definition) is 0. The third-order valence-electron chi connectivity index (χ3n) is 5.44. The summed E-state index contributed by atoms with van der Waals surface area (Å²) in [4.78, 5) is 9.94. The van der Waals surface area contributed by atoms with Crippen LogP contribution in [0.15, 0.2) is 16.7 Å². The van der Waals surface area contributed by atoms with Gasteiger partial charge >= 0.3 is 0 Å². The zero-order chi connectivity index (χ0) is 18.5. The number of ether oxygens (including phenoxy) is 2. The number of rotatable bonds is 7. The minimum atomic E-state index is 0.355. The van der Waals surface area contributed by atoms with E-state index in [1.54, 1.807) is 0 Å². The topological polar surface area (TPSA) is 60.6 Å². The Hall–Kier alpha value is -1.28. The van der Waals surface area contributed by atoms with Crippen molar-refractivity contribution in [1.82, 2.24) is 15.0 Å². The number of nitrogens with zero attached hydrogens (tertiary/aromatic N) is 3. The van der Waals surface area contributed by atoms with Crippen molar-refractivity contribution in [3.8, 4) is 0 Å². The van der Waals surface area contributed by atoms with E-state index in [2.05, 4.69) is 34.1 Å². The van der Waals surface area contributed by atoms with Crippen molar-refractivity contribution in [2.24, 2.45) is 0 Å². The molecule has 148 valence electrons. The van der Waals surface area contributed by atoms with E-state index in [0.717, 1.165) is 76.7 Å². The molecule has 2 aliphatic heterocycles. The predicted octanol–water partition coefficient (Wildman–Crippen LogP) is 3.56. The highest BCUT2D eigenvalue weighted by Crippen LogP contribution is 2.25. The van der Waals surface area contributed by atoms with E-state index < -0.39 is 0 Å². The molecule has 0 spiro atoms. The molecule has 0 atom stereocenters. The van der Waals surface area contributed by atoms with Crippen molar-refractivity contribution < 1.29 is 14.0 Å².